The summed E-state index contributed by atoms with van der Waals surface area (Å²) in [4.78, 5) is 17.5. The number of carbonyl (C=O) groups excluding carboxylic acids is 1. The Morgan fingerprint density at radius 3 is 2.84 bits per heavy atom. The topological polar surface area (TPSA) is 79.5 Å². The van der Waals surface area contributed by atoms with E-state index in [4.69, 9.17) is 4.74 Å². The Morgan fingerprint density at radius 1 is 1.36 bits per heavy atom. The number of fused-ring (bicyclic) bond motifs is 1. The summed E-state index contributed by atoms with van der Waals surface area (Å²) in [5.74, 6) is 0.0300. The first-order valence-electron chi connectivity index (χ1n) is 8.64. The van der Waals surface area contributed by atoms with Gasteiger partial charge in [0.05, 0.1) is 12.4 Å². The highest BCUT2D eigenvalue weighted by Crippen LogP contribution is 2.45. The molecule has 25 heavy (non-hydrogen) atoms. The van der Waals surface area contributed by atoms with Gasteiger partial charge in [-0.15, -0.1) is 0 Å². The van der Waals surface area contributed by atoms with Crippen molar-refractivity contribution < 1.29 is 17.9 Å². The maximum absolute atomic E-state index is 12.7. The van der Waals surface area contributed by atoms with Crippen molar-refractivity contribution in [3.8, 4) is 0 Å². The van der Waals surface area contributed by atoms with E-state index in [1.807, 2.05) is 37.3 Å². The molecule has 0 aliphatic carbocycles. The molecule has 1 N–H and O–H groups in total. The number of para-hydroxylation sites is 1. The normalized spacial score (nSPS) is 23.9. The van der Waals surface area contributed by atoms with Gasteiger partial charge >= 0.3 is 0 Å². The number of benzene rings is 1. The van der Waals surface area contributed by atoms with Gasteiger partial charge in [-0.2, -0.15) is 0 Å². The van der Waals surface area contributed by atoms with Gasteiger partial charge in [0, 0.05) is 36.5 Å². The van der Waals surface area contributed by atoms with Gasteiger partial charge in [-0.1, -0.05) is 18.2 Å². The minimum absolute atomic E-state index is 0.0239. The largest absolute Gasteiger partial charge is 0.381 e. The average Bonchev–Trinajstić information content (AvgIpc) is 3.09. The number of ether oxygens (including phenoxy) is 1. The summed E-state index contributed by atoms with van der Waals surface area (Å²) in [5, 5.41) is 0.976. The van der Waals surface area contributed by atoms with E-state index in [0.717, 1.165) is 10.9 Å². The molecule has 4 rings (SSSR count). The van der Waals surface area contributed by atoms with Crippen LogP contribution in [0.1, 0.15) is 23.8 Å². The fourth-order valence-electron chi connectivity index (χ4n) is 4.07. The standard InChI is InChI=1S/C18H22N2O4S/c1-2-24-10-14-7-8-25(22,23)18(14)11-20(12-18)17(21)16-9-13-5-3-4-6-15(13)19-16/h3-6,9,14,19H,2,7-8,10-12H2,1H3/t14-/m0/s1. The number of rotatable bonds is 4. The maximum atomic E-state index is 12.7. The van der Waals surface area contributed by atoms with Crippen LogP contribution in [0.4, 0.5) is 0 Å². The third kappa shape index (κ3) is 2.48. The molecule has 0 unspecified atom stereocenters. The first kappa shape index (κ1) is 16.6. The minimum Gasteiger partial charge on any atom is -0.381 e. The Labute approximate surface area is 147 Å². The van der Waals surface area contributed by atoms with Crippen molar-refractivity contribution >= 4 is 26.6 Å². The van der Waals surface area contributed by atoms with Crippen LogP contribution in [0, 0.1) is 5.92 Å². The predicted molar refractivity (Wildman–Crippen MR) is 95.3 cm³/mol. The number of hydrogen-bond acceptors (Lipinski definition) is 4. The van der Waals surface area contributed by atoms with Crippen molar-refractivity contribution in [3.05, 3.63) is 36.0 Å². The molecule has 1 spiro atoms. The van der Waals surface area contributed by atoms with Crippen LogP contribution in [0.15, 0.2) is 30.3 Å². The third-order valence-electron chi connectivity index (χ3n) is 5.59. The molecule has 2 fully saturated rings. The Bertz CT molecular complexity index is 879. The molecule has 1 aromatic heterocycles. The summed E-state index contributed by atoms with van der Waals surface area (Å²) in [6.07, 6.45) is 0.622. The number of nitrogens with one attached hydrogen (secondary N) is 1. The molecule has 0 radical (unpaired) electrons. The fourth-order valence-corrected chi connectivity index (χ4v) is 6.47. The number of H-pyrrole nitrogens is 1. The van der Waals surface area contributed by atoms with Crippen LogP contribution in [0.2, 0.25) is 0 Å². The zero-order valence-electron chi connectivity index (χ0n) is 14.2. The highest BCUT2D eigenvalue weighted by molar-refractivity contribution is 7.93. The molecule has 134 valence electrons. The molecular formula is C18H22N2O4S. The zero-order chi connectivity index (χ0) is 17.7. The molecule has 1 atom stereocenters. The lowest BCUT2D eigenvalue weighted by molar-refractivity contribution is 0.0267. The van der Waals surface area contributed by atoms with E-state index in [9.17, 15) is 13.2 Å². The second-order valence-corrected chi connectivity index (χ2v) is 9.41. The Morgan fingerprint density at radius 2 is 2.12 bits per heavy atom. The minimum atomic E-state index is -3.19. The summed E-state index contributed by atoms with van der Waals surface area (Å²) < 4.78 is 29.8. The van der Waals surface area contributed by atoms with E-state index in [1.165, 1.54) is 0 Å². The molecule has 0 saturated carbocycles. The Balaban J connectivity index is 1.54. The van der Waals surface area contributed by atoms with Crippen molar-refractivity contribution in [2.45, 2.75) is 18.1 Å². The summed E-state index contributed by atoms with van der Waals surface area (Å²) in [6.45, 7) is 3.46. The van der Waals surface area contributed by atoms with Crippen molar-refractivity contribution in [1.82, 2.24) is 9.88 Å². The van der Waals surface area contributed by atoms with E-state index in [2.05, 4.69) is 4.98 Å². The highest BCUT2D eigenvalue weighted by atomic mass is 32.2. The van der Waals surface area contributed by atoms with Gasteiger partial charge < -0.3 is 14.6 Å². The lowest BCUT2D eigenvalue weighted by Gasteiger charge is -2.49. The lowest BCUT2D eigenvalue weighted by Crippen LogP contribution is -2.68. The number of nitrogens with zero attached hydrogens (tertiary/aromatic N) is 1. The van der Waals surface area contributed by atoms with Crippen LogP contribution in [0.3, 0.4) is 0 Å². The monoisotopic (exact) mass is 362 g/mol. The SMILES string of the molecule is CCOC[C@@H]1CCS(=O)(=O)C12CN(C(=O)c1cc3ccccc3[nH]1)C2. The van der Waals surface area contributed by atoms with Crippen LogP contribution in [-0.2, 0) is 14.6 Å². The number of amides is 1. The first-order chi connectivity index (χ1) is 12.0. The molecule has 1 amide bonds. The van der Waals surface area contributed by atoms with Crippen molar-refractivity contribution in [1.29, 1.82) is 0 Å². The van der Waals surface area contributed by atoms with Crippen LogP contribution >= 0.6 is 0 Å². The Kier molecular flexibility index (Phi) is 3.88. The van der Waals surface area contributed by atoms with Crippen LogP contribution in [0.5, 0.6) is 0 Å². The van der Waals surface area contributed by atoms with E-state index in [1.54, 1.807) is 4.90 Å². The number of hydrogen-bond donors (Lipinski definition) is 1. The lowest BCUT2D eigenvalue weighted by atomic mass is 9.83. The number of carbonyl (C=O) groups is 1. The molecule has 7 heteroatoms. The quantitative estimate of drug-likeness (QED) is 0.900. The van der Waals surface area contributed by atoms with Crippen molar-refractivity contribution in [2.75, 3.05) is 32.1 Å². The second-order valence-electron chi connectivity index (χ2n) is 6.96. The summed E-state index contributed by atoms with van der Waals surface area (Å²) in [6, 6.07) is 9.52. The van der Waals surface area contributed by atoms with Crippen molar-refractivity contribution in [3.63, 3.8) is 0 Å². The Hall–Kier alpha value is -1.86. The molecule has 2 aliphatic rings. The number of aromatic nitrogens is 1. The summed E-state index contributed by atoms with van der Waals surface area (Å²) in [5.41, 5.74) is 1.41. The van der Waals surface area contributed by atoms with Crippen LogP contribution in [-0.4, -0.2) is 61.0 Å². The van der Waals surface area contributed by atoms with E-state index in [-0.39, 0.29) is 30.7 Å². The summed E-state index contributed by atoms with van der Waals surface area (Å²) >= 11 is 0. The zero-order valence-corrected chi connectivity index (χ0v) is 15.0. The fraction of sp³-hybridized carbons (Fsp3) is 0.500. The molecule has 0 bridgehead atoms. The smallest absolute Gasteiger partial charge is 0.270 e. The van der Waals surface area contributed by atoms with Gasteiger partial charge in [-0.25, -0.2) is 8.42 Å². The van der Waals surface area contributed by atoms with E-state index in [0.29, 0.717) is 25.3 Å². The van der Waals surface area contributed by atoms with Gasteiger partial charge in [-0.05, 0) is 25.5 Å². The van der Waals surface area contributed by atoms with Gasteiger partial charge in [-0.3, -0.25) is 4.79 Å². The van der Waals surface area contributed by atoms with Gasteiger partial charge in [0.1, 0.15) is 10.4 Å². The molecule has 3 heterocycles. The first-order valence-corrected chi connectivity index (χ1v) is 10.3. The average molecular weight is 362 g/mol. The molecular weight excluding hydrogens is 340 g/mol. The van der Waals surface area contributed by atoms with E-state index < -0.39 is 14.6 Å². The van der Waals surface area contributed by atoms with Gasteiger partial charge in [0.2, 0.25) is 0 Å². The van der Waals surface area contributed by atoms with Crippen molar-refractivity contribution in [2.24, 2.45) is 5.92 Å². The second kappa shape index (κ2) is 5.85. The van der Waals surface area contributed by atoms with Gasteiger partial charge in [0.15, 0.2) is 9.84 Å². The van der Waals surface area contributed by atoms with Gasteiger partial charge in [0.25, 0.3) is 5.91 Å². The number of likely N-dealkylation sites (tertiary alicyclic amines) is 1. The molecule has 6 nitrogen and oxygen atoms in total. The van der Waals surface area contributed by atoms with Crippen LogP contribution < -0.4 is 0 Å². The predicted octanol–water partition coefficient (Wildman–Crippen LogP) is 1.83. The third-order valence-corrected chi connectivity index (χ3v) is 8.19. The number of sulfone groups is 1. The van der Waals surface area contributed by atoms with E-state index >= 15 is 0 Å². The molecule has 2 saturated heterocycles. The van der Waals surface area contributed by atoms with Crippen LogP contribution in [0.25, 0.3) is 10.9 Å². The number of aromatic amines is 1. The molecule has 1 aromatic carbocycles. The maximum Gasteiger partial charge on any atom is 0.270 e. The highest BCUT2D eigenvalue weighted by Gasteiger charge is 2.62. The molecule has 2 aromatic rings. The summed E-state index contributed by atoms with van der Waals surface area (Å²) in [7, 11) is -3.19. The molecule has 2 aliphatic heterocycles.